The minimum Gasteiger partial charge on any atom is -0.494 e. The highest BCUT2D eigenvalue weighted by Crippen LogP contribution is 2.28. The summed E-state index contributed by atoms with van der Waals surface area (Å²) in [4.78, 5) is 36.8. The molecule has 2 N–H and O–H groups in total. The number of aryl methyl sites for hydroxylation is 1. The Bertz CT molecular complexity index is 1460. The fraction of sp³-hybridized carbons (Fsp3) is 0.385. The van der Waals surface area contributed by atoms with Crippen LogP contribution in [0.25, 0.3) is 16.2 Å². The number of methoxy groups -OCH3 is 1. The van der Waals surface area contributed by atoms with Crippen LogP contribution in [-0.4, -0.2) is 71.5 Å². The van der Waals surface area contributed by atoms with E-state index in [-0.39, 0.29) is 17.3 Å². The molecule has 11 nitrogen and oxygen atoms in total. The van der Waals surface area contributed by atoms with Crippen LogP contribution in [0.5, 0.6) is 5.75 Å². The Labute approximate surface area is 224 Å². The summed E-state index contributed by atoms with van der Waals surface area (Å²) in [6.07, 6.45) is 5.92. The van der Waals surface area contributed by atoms with Gasteiger partial charge < -0.3 is 25.0 Å². The van der Waals surface area contributed by atoms with Gasteiger partial charge in [0.2, 0.25) is 0 Å². The van der Waals surface area contributed by atoms with E-state index in [4.69, 9.17) is 9.47 Å². The third-order valence-electron chi connectivity index (χ3n) is 6.50. The van der Waals surface area contributed by atoms with Gasteiger partial charge in [-0.1, -0.05) is 6.07 Å². The molecule has 4 aromatic rings. The topological polar surface area (TPSA) is 116 Å². The van der Waals surface area contributed by atoms with Crippen molar-refractivity contribution in [2.75, 3.05) is 56.7 Å². The first-order chi connectivity index (χ1) is 18.6. The fourth-order valence-electron chi connectivity index (χ4n) is 4.56. The van der Waals surface area contributed by atoms with Crippen LogP contribution >= 0.6 is 11.3 Å². The number of nitrogens with zero attached hydrogens (tertiary/aromatic N) is 5. The Hall–Kier alpha value is -3.74. The maximum atomic E-state index is 13.0. The predicted molar refractivity (Wildman–Crippen MR) is 148 cm³/mol. The third kappa shape index (κ3) is 5.28. The Balaban J connectivity index is 0.000000529. The first-order valence-corrected chi connectivity index (χ1v) is 13.5. The van der Waals surface area contributed by atoms with E-state index < -0.39 is 0 Å². The number of fused-ring (bicyclic) bond motifs is 1. The number of carbonyl (C=O) groups excluding carboxylic acids is 1. The molecule has 0 radical (unpaired) electrons. The summed E-state index contributed by atoms with van der Waals surface area (Å²) < 4.78 is 13.4. The maximum Gasteiger partial charge on any atom is 0.335 e. The first kappa shape index (κ1) is 25.9. The molecule has 0 aliphatic carbocycles. The number of para-hydroxylation sites is 1. The molecule has 0 saturated carbocycles. The standard InChI is InChI=1S/C22H23N7O3S.C4H8O/c1-27-19-17(4-3-5-18(19)32-2)29(22(27)31)21-26-15(13-33-21)20(30)25-14-12-24-7-6-16(14)28-10-8-23-9-11-28;1-2-4-5-3-1/h3-7,12-13,23H,8-11H2,1-2H3,(H,25,30);1-4H2. The lowest BCUT2D eigenvalue weighted by molar-refractivity contribution is 0.102. The highest BCUT2D eigenvalue weighted by atomic mass is 32.1. The van der Waals surface area contributed by atoms with E-state index in [9.17, 15) is 9.59 Å². The molecule has 5 heterocycles. The second kappa shape index (κ2) is 11.8. The third-order valence-corrected chi connectivity index (χ3v) is 7.33. The highest BCUT2D eigenvalue weighted by Gasteiger charge is 2.21. The van der Waals surface area contributed by atoms with E-state index in [2.05, 4.69) is 25.5 Å². The van der Waals surface area contributed by atoms with E-state index in [1.807, 2.05) is 18.2 Å². The van der Waals surface area contributed by atoms with Gasteiger partial charge in [0.1, 0.15) is 17.0 Å². The molecule has 2 aliphatic rings. The summed E-state index contributed by atoms with van der Waals surface area (Å²) in [7, 11) is 3.25. The summed E-state index contributed by atoms with van der Waals surface area (Å²) in [6.45, 7) is 5.47. The molecule has 0 atom stereocenters. The summed E-state index contributed by atoms with van der Waals surface area (Å²) in [6, 6.07) is 7.35. The van der Waals surface area contributed by atoms with Crippen molar-refractivity contribution >= 4 is 39.7 Å². The minimum atomic E-state index is -0.354. The van der Waals surface area contributed by atoms with Crippen LogP contribution in [0, 0.1) is 0 Å². The van der Waals surface area contributed by atoms with E-state index >= 15 is 0 Å². The average Bonchev–Trinajstić information content (AvgIpc) is 3.73. The largest absolute Gasteiger partial charge is 0.494 e. The normalized spacial score (nSPS) is 15.3. The maximum absolute atomic E-state index is 13.0. The van der Waals surface area contributed by atoms with Crippen LogP contribution in [0.4, 0.5) is 11.4 Å². The van der Waals surface area contributed by atoms with Gasteiger partial charge in [-0.2, -0.15) is 0 Å². The number of thiazole rings is 1. The number of hydrogen-bond donors (Lipinski definition) is 2. The molecule has 3 aromatic heterocycles. The zero-order valence-corrected chi connectivity index (χ0v) is 22.3. The molecular weight excluding hydrogens is 506 g/mol. The molecule has 0 unspecified atom stereocenters. The van der Waals surface area contributed by atoms with Gasteiger partial charge in [-0.05, 0) is 31.0 Å². The fourth-order valence-corrected chi connectivity index (χ4v) is 5.37. The van der Waals surface area contributed by atoms with Crippen molar-refractivity contribution in [1.29, 1.82) is 0 Å². The number of rotatable bonds is 5. The molecule has 1 aromatic carbocycles. The molecule has 2 fully saturated rings. The molecule has 12 heteroatoms. The number of anilines is 2. The van der Waals surface area contributed by atoms with E-state index in [1.54, 1.807) is 38.0 Å². The van der Waals surface area contributed by atoms with Gasteiger partial charge >= 0.3 is 5.69 Å². The van der Waals surface area contributed by atoms with Gasteiger partial charge in [-0.15, -0.1) is 11.3 Å². The van der Waals surface area contributed by atoms with Gasteiger partial charge in [-0.25, -0.2) is 14.3 Å². The number of piperazine rings is 1. The van der Waals surface area contributed by atoms with Crippen LogP contribution in [0.15, 0.2) is 46.8 Å². The quantitative estimate of drug-likeness (QED) is 0.399. The van der Waals surface area contributed by atoms with Crippen molar-refractivity contribution in [3.63, 3.8) is 0 Å². The first-order valence-electron chi connectivity index (χ1n) is 12.6. The summed E-state index contributed by atoms with van der Waals surface area (Å²) in [5, 5.41) is 8.32. The summed E-state index contributed by atoms with van der Waals surface area (Å²) in [5.74, 6) is 0.241. The molecule has 2 aliphatic heterocycles. The molecule has 0 spiro atoms. The smallest absolute Gasteiger partial charge is 0.335 e. The lowest BCUT2D eigenvalue weighted by Crippen LogP contribution is -2.43. The Morgan fingerprint density at radius 1 is 1.18 bits per heavy atom. The van der Waals surface area contributed by atoms with Crippen molar-refractivity contribution in [2.45, 2.75) is 12.8 Å². The molecule has 1 amide bonds. The van der Waals surface area contributed by atoms with Crippen molar-refractivity contribution < 1.29 is 14.3 Å². The lowest BCUT2D eigenvalue weighted by Gasteiger charge is -2.30. The number of amides is 1. The second-order valence-electron chi connectivity index (χ2n) is 8.92. The summed E-state index contributed by atoms with van der Waals surface area (Å²) in [5.41, 5.74) is 2.86. The molecular formula is C26H31N7O4S. The van der Waals surface area contributed by atoms with Crippen LogP contribution in [0.3, 0.4) is 0 Å². The van der Waals surface area contributed by atoms with Crippen molar-refractivity contribution in [1.82, 2.24) is 24.4 Å². The van der Waals surface area contributed by atoms with Gasteiger partial charge in [0.25, 0.3) is 5.91 Å². The number of aromatic nitrogens is 4. The molecule has 0 bridgehead atoms. The van der Waals surface area contributed by atoms with E-state index in [1.165, 1.54) is 33.3 Å². The predicted octanol–water partition coefficient (Wildman–Crippen LogP) is 2.65. The van der Waals surface area contributed by atoms with Crippen LogP contribution in [0.2, 0.25) is 0 Å². The number of carbonyl (C=O) groups is 1. The number of hydrogen-bond acceptors (Lipinski definition) is 9. The Morgan fingerprint density at radius 3 is 2.68 bits per heavy atom. The van der Waals surface area contributed by atoms with Crippen molar-refractivity contribution in [2.24, 2.45) is 7.05 Å². The molecule has 200 valence electrons. The van der Waals surface area contributed by atoms with Crippen molar-refractivity contribution in [3.8, 4) is 10.9 Å². The molecule has 6 rings (SSSR count). The molecule has 2 saturated heterocycles. The van der Waals surface area contributed by atoms with Gasteiger partial charge in [0.05, 0.1) is 30.2 Å². The number of imidazole rings is 1. The van der Waals surface area contributed by atoms with E-state index in [0.29, 0.717) is 27.6 Å². The van der Waals surface area contributed by atoms with Gasteiger partial charge in [-0.3, -0.25) is 14.3 Å². The SMILES string of the molecule is C1CCOC1.COc1cccc2c1n(C)c(=O)n2-c1nc(C(=O)Nc2cnccc2N2CCNCC2)cs1. The highest BCUT2D eigenvalue weighted by molar-refractivity contribution is 7.12. The monoisotopic (exact) mass is 537 g/mol. The van der Waals surface area contributed by atoms with Crippen LogP contribution in [0.1, 0.15) is 23.3 Å². The summed E-state index contributed by atoms with van der Waals surface area (Å²) >= 11 is 1.23. The zero-order chi connectivity index (χ0) is 26.5. The van der Waals surface area contributed by atoms with Crippen LogP contribution < -0.4 is 26.0 Å². The Morgan fingerprint density at radius 2 is 1.97 bits per heavy atom. The average molecular weight is 538 g/mol. The number of nitrogens with one attached hydrogen (secondary N) is 2. The number of ether oxygens (including phenoxy) is 2. The number of pyridine rings is 1. The minimum absolute atomic E-state index is 0.233. The van der Waals surface area contributed by atoms with E-state index in [0.717, 1.165) is 45.1 Å². The zero-order valence-electron chi connectivity index (χ0n) is 21.5. The van der Waals surface area contributed by atoms with Crippen LogP contribution in [-0.2, 0) is 11.8 Å². The van der Waals surface area contributed by atoms with Gasteiger partial charge in [0.15, 0.2) is 5.13 Å². The van der Waals surface area contributed by atoms with Crippen molar-refractivity contribution in [3.05, 3.63) is 58.2 Å². The van der Waals surface area contributed by atoms with Gasteiger partial charge in [0, 0.05) is 58.0 Å². The lowest BCUT2D eigenvalue weighted by atomic mass is 10.2. The number of benzene rings is 1. The second-order valence-corrected chi connectivity index (χ2v) is 9.76. The molecule has 38 heavy (non-hydrogen) atoms. The Kier molecular flexibility index (Phi) is 8.01.